The number of fused-ring (bicyclic) bond motifs is 1. The van der Waals surface area contributed by atoms with E-state index in [2.05, 4.69) is 19.2 Å². The third kappa shape index (κ3) is 3.99. The maximum Gasteiger partial charge on any atom is 0.258 e. The summed E-state index contributed by atoms with van der Waals surface area (Å²) < 4.78 is 1.82. The topological polar surface area (TPSA) is 77.1 Å². The number of amides is 1. The van der Waals surface area contributed by atoms with E-state index < -0.39 is 0 Å². The minimum absolute atomic E-state index is 0.0186. The molecular weight excluding hydrogens is 350 g/mol. The Morgan fingerprint density at radius 3 is 2.43 bits per heavy atom. The highest BCUT2D eigenvalue weighted by Gasteiger charge is 2.18. The van der Waals surface area contributed by atoms with Crippen molar-refractivity contribution in [3.05, 3.63) is 70.1 Å². The van der Waals surface area contributed by atoms with Crippen molar-refractivity contribution in [2.75, 3.05) is 0 Å². The van der Waals surface area contributed by atoms with Crippen molar-refractivity contribution in [1.82, 2.24) is 9.88 Å². The maximum atomic E-state index is 13.2. The van der Waals surface area contributed by atoms with E-state index in [1.807, 2.05) is 53.1 Å². The van der Waals surface area contributed by atoms with Crippen molar-refractivity contribution in [1.29, 1.82) is 0 Å². The molecule has 5 heteroatoms. The van der Waals surface area contributed by atoms with Gasteiger partial charge in [-0.15, -0.1) is 0 Å². The van der Waals surface area contributed by atoms with Gasteiger partial charge < -0.3 is 15.6 Å². The summed E-state index contributed by atoms with van der Waals surface area (Å²) in [6, 6.07) is 15.8. The Kier molecular flexibility index (Phi) is 5.95. The van der Waals surface area contributed by atoms with Gasteiger partial charge in [-0.3, -0.25) is 9.59 Å². The van der Waals surface area contributed by atoms with E-state index in [0.29, 0.717) is 24.4 Å². The van der Waals surface area contributed by atoms with Gasteiger partial charge in [-0.1, -0.05) is 50.2 Å². The highest BCUT2D eigenvalue weighted by atomic mass is 16.1. The van der Waals surface area contributed by atoms with Gasteiger partial charge in [-0.2, -0.15) is 0 Å². The predicted molar refractivity (Wildman–Crippen MR) is 114 cm³/mol. The molecule has 0 spiro atoms. The molecule has 0 aliphatic carbocycles. The van der Waals surface area contributed by atoms with Crippen LogP contribution in [0.25, 0.3) is 21.9 Å². The van der Waals surface area contributed by atoms with Crippen molar-refractivity contribution in [2.24, 2.45) is 11.7 Å². The molecule has 1 amide bonds. The van der Waals surface area contributed by atoms with Crippen LogP contribution in [-0.4, -0.2) is 10.5 Å². The molecule has 0 bridgehead atoms. The number of nitrogens with zero attached hydrogens (tertiary/aromatic N) is 1. The van der Waals surface area contributed by atoms with E-state index in [4.69, 9.17) is 5.73 Å². The molecule has 146 valence electrons. The molecule has 0 radical (unpaired) electrons. The van der Waals surface area contributed by atoms with Crippen LogP contribution >= 0.6 is 0 Å². The predicted octanol–water partition coefficient (Wildman–Crippen LogP) is 3.42. The molecule has 3 N–H and O–H groups in total. The molecule has 5 nitrogen and oxygen atoms in total. The highest BCUT2D eigenvalue weighted by molar-refractivity contribution is 5.97. The summed E-state index contributed by atoms with van der Waals surface area (Å²) in [6.07, 6.45) is 0. The fraction of sp³-hybridized carbons (Fsp3) is 0.304. The first kappa shape index (κ1) is 19.8. The summed E-state index contributed by atoms with van der Waals surface area (Å²) in [7, 11) is 0. The number of nitrogens with two attached hydrogens (primary N) is 1. The van der Waals surface area contributed by atoms with E-state index in [9.17, 15) is 9.59 Å². The monoisotopic (exact) mass is 377 g/mol. The Labute approximate surface area is 165 Å². The number of carbonyl (C=O) groups is 1. The first-order chi connectivity index (χ1) is 13.4. The second-order valence-corrected chi connectivity index (χ2v) is 7.49. The Hall–Kier alpha value is -2.92. The smallest absolute Gasteiger partial charge is 0.258 e. The van der Waals surface area contributed by atoms with Crippen LogP contribution in [-0.2, 0) is 24.4 Å². The molecule has 0 aliphatic heterocycles. The standard InChI is InChI=1S/C23H27N3O2/c1-15(2)14-26-21(12-24)22(18-7-5-4-6-8-18)20-11-17(13-25-16(3)27)9-10-19(20)23(26)28/h4-11,15H,12-14,24H2,1-3H3,(H,25,27). The van der Waals surface area contributed by atoms with Crippen molar-refractivity contribution in [2.45, 2.75) is 40.4 Å². The van der Waals surface area contributed by atoms with Gasteiger partial charge in [-0.05, 0) is 34.6 Å². The molecular formula is C23H27N3O2. The van der Waals surface area contributed by atoms with E-state index >= 15 is 0 Å². The van der Waals surface area contributed by atoms with Crippen LogP contribution in [0, 0.1) is 5.92 Å². The summed E-state index contributed by atoms with van der Waals surface area (Å²) in [5.74, 6) is 0.237. The fourth-order valence-electron chi connectivity index (χ4n) is 3.58. The van der Waals surface area contributed by atoms with Crippen LogP contribution in [0.4, 0.5) is 0 Å². The SMILES string of the molecule is CC(=O)NCc1ccc2c(=O)n(CC(C)C)c(CN)c(-c3ccccc3)c2c1. The molecule has 2 aromatic carbocycles. The van der Waals surface area contributed by atoms with E-state index in [1.54, 1.807) is 0 Å². The molecule has 0 saturated carbocycles. The van der Waals surface area contributed by atoms with Crippen molar-refractivity contribution in [3.63, 3.8) is 0 Å². The second-order valence-electron chi connectivity index (χ2n) is 7.49. The number of nitrogens with one attached hydrogen (secondary N) is 1. The van der Waals surface area contributed by atoms with Crippen molar-refractivity contribution in [3.8, 4) is 11.1 Å². The number of aromatic nitrogens is 1. The first-order valence-corrected chi connectivity index (χ1v) is 9.60. The molecule has 1 heterocycles. The second kappa shape index (κ2) is 8.40. The number of pyridine rings is 1. The molecule has 28 heavy (non-hydrogen) atoms. The van der Waals surface area contributed by atoms with Crippen LogP contribution in [0.5, 0.6) is 0 Å². The quantitative estimate of drug-likeness (QED) is 0.691. The number of hydrogen-bond acceptors (Lipinski definition) is 3. The average Bonchev–Trinajstić information content (AvgIpc) is 2.68. The lowest BCUT2D eigenvalue weighted by Crippen LogP contribution is -2.28. The maximum absolute atomic E-state index is 13.2. The molecule has 3 aromatic rings. The molecule has 0 atom stereocenters. The lowest BCUT2D eigenvalue weighted by molar-refractivity contribution is -0.119. The summed E-state index contributed by atoms with van der Waals surface area (Å²) in [6.45, 7) is 7.00. The number of benzene rings is 2. The van der Waals surface area contributed by atoms with Gasteiger partial charge in [0.2, 0.25) is 5.91 Å². The Balaban J connectivity index is 2.34. The lowest BCUT2D eigenvalue weighted by Gasteiger charge is -2.21. The van der Waals surface area contributed by atoms with Crippen molar-refractivity contribution < 1.29 is 4.79 Å². The zero-order valence-electron chi connectivity index (χ0n) is 16.7. The normalized spacial score (nSPS) is 11.2. The van der Waals surface area contributed by atoms with Crippen LogP contribution in [0.15, 0.2) is 53.3 Å². The third-order valence-electron chi connectivity index (χ3n) is 4.79. The summed E-state index contributed by atoms with van der Waals surface area (Å²) in [4.78, 5) is 24.5. The minimum atomic E-state index is -0.0848. The van der Waals surface area contributed by atoms with Gasteiger partial charge in [0, 0.05) is 43.2 Å². The molecule has 0 unspecified atom stereocenters. The Morgan fingerprint density at radius 2 is 1.82 bits per heavy atom. The zero-order chi connectivity index (χ0) is 20.3. The van der Waals surface area contributed by atoms with Gasteiger partial charge in [0.15, 0.2) is 0 Å². The van der Waals surface area contributed by atoms with Crippen LogP contribution in [0.2, 0.25) is 0 Å². The van der Waals surface area contributed by atoms with E-state index in [0.717, 1.165) is 27.8 Å². The summed E-state index contributed by atoms with van der Waals surface area (Å²) in [5.41, 5.74) is 9.93. The molecule has 0 aliphatic rings. The van der Waals surface area contributed by atoms with Crippen LogP contribution in [0.3, 0.4) is 0 Å². The van der Waals surface area contributed by atoms with Gasteiger partial charge in [0.05, 0.1) is 0 Å². The number of hydrogen-bond donors (Lipinski definition) is 2. The lowest BCUT2D eigenvalue weighted by atomic mass is 9.95. The molecule has 0 saturated heterocycles. The molecule has 3 rings (SSSR count). The molecule has 1 aromatic heterocycles. The van der Waals surface area contributed by atoms with Gasteiger partial charge in [0.25, 0.3) is 5.56 Å². The number of rotatable bonds is 6. The van der Waals surface area contributed by atoms with Gasteiger partial charge >= 0.3 is 0 Å². The van der Waals surface area contributed by atoms with Crippen molar-refractivity contribution >= 4 is 16.7 Å². The zero-order valence-corrected chi connectivity index (χ0v) is 16.7. The average molecular weight is 377 g/mol. The van der Waals surface area contributed by atoms with Gasteiger partial charge in [-0.25, -0.2) is 0 Å². The fourth-order valence-corrected chi connectivity index (χ4v) is 3.58. The largest absolute Gasteiger partial charge is 0.352 e. The summed E-state index contributed by atoms with van der Waals surface area (Å²) >= 11 is 0. The van der Waals surface area contributed by atoms with E-state index in [-0.39, 0.29) is 18.0 Å². The number of carbonyl (C=O) groups excluding carboxylic acids is 1. The molecule has 0 fully saturated rings. The highest BCUT2D eigenvalue weighted by Crippen LogP contribution is 2.31. The van der Waals surface area contributed by atoms with E-state index in [1.165, 1.54) is 6.92 Å². The summed E-state index contributed by atoms with van der Waals surface area (Å²) in [5, 5.41) is 4.36. The Morgan fingerprint density at radius 1 is 1.11 bits per heavy atom. The van der Waals surface area contributed by atoms with Crippen LogP contribution in [0.1, 0.15) is 32.0 Å². The van der Waals surface area contributed by atoms with Crippen LogP contribution < -0.4 is 16.6 Å². The first-order valence-electron chi connectivity index (χ1n) is 9.60. The Bertz CT molecular complexity index is 1050. The minimum Gasteiger partial charge on any atom is -0.352 e. The van der Waals surface area contributed by atoms with Gasteiger partial charge in [0.1, 0.15) is 0 Å². The third-order valence-corrected chi connectivity index (χ3v) is 4.79.